The van der Waals surface area contributed by atoms with Gasteiger partial charge in [0.15, 0.2) is 11.2 Å². The molecule has 0 fully saturated rings. The Morgan fingerprint density at radius 3 is 2.08 bits per heavy atom. The molecular weight excluding hydrogens is 600 g/mol. The van der Waals surface area contributed by atoms with E-state index in [1.165, 1.54) is 4.57 Å². The van der Waals surface area contributed by atoms with Gasteiger partial charge < -0.3 is 4.57 Å². The number of fused-ring (bicyclic) bond motifs is 1. The Kier molecular flexibility index (Phi) is 7.92. The molecule has 1 N–H and O–H groups in total. The Morgan fingerprint density at radius 2 is 1.44 bits per heavy atom. The molecule has 10 heteroatoms. The molecular formula is C38H36N8O2. The van der Waals surface area contributed by atoms with Crippen LogP contribution >= 0.6 is 0 Å². The molecule has 0 aliphatic rings. The van der Waals surface area contributed by atoms with Crippen LogP contribution in [0.1, 0.15) is 50.7 Å². The van der Waals surface area contributed by atoms with Crippen molar-refractivity contribution in [2.75, 3.05) is 0 Å². The molecule has 1 unspecified atom stereocenters. The highest BCUT2D eigenvalue weighted by atomic mass is 16.2. The molecule has 0 spiro atoms. The van der Waals surface area contributed by atoms with E-state index < -0.39 is 11.2 Å². The second kappa shape index (κ2) is 12.4. The second-order valence-corrected chi connectivity index (χ2v) is 13.2. The summed E-state index contributed by atoms with van der Waals surface area (Å²) in [5.41, 5.74) is 5.15. The van der Waals surface area contributed by atoms with E-state index >= 15 is 0 Å². The van der Waals surface area contributed by atoms with Crippen molar-refractivity contribution in [2.24, 2.45) is 5.41 Å². The number of H-pyrrole nitrogens is 1. The number of hydrogen-bond donors (Lipinski definition) is 1. The lowest BCUT2D eigenvalue weighted by Gasteiger charge is -2.19. The summed E-state index contributed by atoms with van der Waals surface area (Å²) in [6, 6.07) is 34.8. The van der Waals surface area contributed by atoms with Crippen molar-refractivity contribution in [3.63, 3.8) is 0 Å². The van der Waals surface area contributed by atoms with E-state index in [1.807, 2.05) is 84.3 Å². The summed E-state index contributed by atoms with van der Waals surface area (Å²) >= 11 is 0. The van der Waals surface area contributed by atoms with E-state index in [1.54, 1.807) is 16.7 Å². The molecule has 10 nitrogen and oxygen atoms in total. The average molecular weight is 637 g/mol. The summed E-state index contributed by atoms with van der Waals surface area (Å²) in [6.45, 7) is 8.82. The number of nitrogens with one attached hydrogen (secondary N) is 1. The van der Waals surface area contributed by atoms with Crippen LogP contribution in [0.5, 0.6) is 0 Å². The van der Waals surface area contributed by atoms with E-state index in [0.717, 1.165) is 33.6 Å². The SMILES string of the molecule is CC(c1ccccc1)n1c(=O)n(-c2ccccc2)c(=O)c2c1nc(CC(C)(C)C)n2Cc1ccc(-c2ccccc2-c2nn[nH]n2)cc1. The first kappa shape index (κ1) is 30.7. The molecule has 4 aromatic carbocycles. The molecule has 0 amide bonds. The number of benzene rings is 4. The second-order valence-electron chi connectivity index (χ2n) is 13.2. The van der Waals surface area contributed by atoms with Crippen molar-refractivity contribution < 1.29 is 0 Å². The van der Waals surface area contributed by atoms with Gasteiger partial charge in [0.05, 0.1) is 11.7 Å². The minimum absolute atomic E-state index is 0.129. The van der Waals surface area contributed by atoms with E-state index in [0.29, 0.717) is 35.6 Å². The topological polar surface area (TPSA) is 116 Å². The van der Waals surface area contributed by atoms with Crippen molar-refractivity contribution >= 4 is 11.2 Å². The summed E-state index contributed by atoms with van der Waals surface area (Å²) in [6.07, 6.45) is 0.608. The number of rotatable bonds is 8. The van der Waals surface area contributed by atoms with Crippen LogP contribution in [-0.2, 0) is 13.0 Å². The van der Waals surface area contributed by atoms with E-state index in [-0.39, 0.29) is 11.5 Å². The molecule has 48 heavy (non-hydrogen) atoms. The third kappa shape index (κ3) is 5.77. The number of hydrogen-bond acceptors (Lipinski definition) is 6. The average Bonchev–Trinajstić information content (AvgIpc) is 3.74. The summed E-state index contributed by atoms with van der Waals surface area (Å²) < 4.78 is 4.94. The number of aromatic amines is 1. The lowest BCUT2D eigenvalue weighted by atomic mass is 9.92. The van der Waals surface area contributed by atoms with E-state index in [4.69, 9.17) is 4.98 Å². The molecule has 0 aliphatic heterocycles. The Labute approximate surface area is 277 Å². The number of tetrazole rings is 1. The Hall–Kier alpha value is -5.90. The first-order valence-corrected chi connectivity index (χ1v) is 16.0. The van der Waals surface area contributed by atoms with Crippen molar-refractivity contribution in [3.05, 3.63) is 147 Å². The summed E-state index contributed by atoms with van der Waals surface area (Å²) in [4.78, 5) is 33.9. The third-order valence-corrected chi connectivity index (χ3v) is 8.55. The maximum Gasteiger partial charge on any atom is 0.337 e. The predicted octanol–water partition coefficient (Wildman–Crippen LogP) is 6.44. The first-order chi connectivity index (χ1) is 23.2. The van der Waals surface area contributed by atoms with Crippen molar-refractivity contribution in [1.29, 1.82) is 0 Å². The van der Waals surface area contributed by atoms with Gasteiger partial charge in [0.2, 0.25) is 5.82 Å². The quantitative estimate of drug-likeness (QED) is 0.205. The highest BCUT2D eigenvalue weighted by Crippen LogP contribution is 2.31. The van der Waals surface area contributed by atoms with Gasteiger partial charge in [0.25, 0.3) is 5.56 Å². The van der Waals surface area contributed by atoms with Crippen LogP contribution in [0, 0.1) is 5.41 Å². The minimum Gasteiger partial charge on any atom is -0.318 e. The molecule has 0 radical (unpaired) electrons. The number of imidazole rings is 1. The van der Waals surface area contributed by atoms with E-state index in [2.05, 4.69) is 65.7 Å². The maximum absolute atomic E-state index is 14.5. The summed E-state index contributed by atoms with van der Waals surface area (Å²) in [5.74, 6) is 1.28. The standard InChI is InChI=1S/C38H36N8O2/c1-25(27-13-7-5-8-14-27)45-35-33(36(47)46(37(45)48)29-15-9-6-10-16-29)44(32(39-35)23-38(2,3)4)24-26-19-21-28(22-20-26)30-17-11-12-18-31(30)34-40-42-43-41-34/h5-22,25H,23-24H2,1-4H3,(H,40,41,42,43). The van der Waals surface area contributed by atoms with Crippen LogP contribution < -0.4 is 11.2 Å². The fraction of sp³-hybridized carbons (Fsp3) is 0.211. The van der Waals surface area contributed by atoms with Crippen molar-refractivity contribution in [3.8, 4) is 28.2 Å². The largest absolute Gasteiger partial charge is 0.337 e. The molecule has 0 saturated heterocycles. The number of aromatic nitrogens is 8. The highest BCUT2D eigenvalue weighted by Gasteiger charge is 2.27. The molecule has 3 heterocycles. The monoisotopic (exact) mass is 636 g/mol. The Bertz CT molecular complexity index is 2310. The third-order valence-electron chi connectivity index (χ3n) is 8.55. The van der Waals surface area contributed by atoms with Crippen molar-refractivity contribution in [1.82, 2.24) is 39.3 Å². The van der Waals surface area contributed by atoms with Crippen LogP contribution in [0.15, 0.2) is 119 Å². The number of nitrogens with zero attached hydrogens (tertiary/aromatic N) is 7. The van der Waals surface area contributed by atoms with Crippen LogP contribution in [0.25, 0.3) is 39.4 Å². The fourth-order valence-electron chi connectivity index (χ4n) is 6.25. The lowest BCUT2D eigenvalue weighted by Crippen LogP contribution is -2.40. The summed E-state index contributed by atoms with van der Waals surface area (Å²) in [7, 11) is 0. The molecule has 0 aliphatic carbocycles. The molecule has 0 saturated carbocycles. The zero-order valence-corrected chi connectivity index (χ0v) is 27.3. The van der Waals surface area contributed by atoms with Crippen molar-refractivity contribution in [2.45, 2.75) is 46.7 Å². The van der Waals surface area contributed by atoms with Gasteiger partial charge >= 0.3 is 5.69 Å². The molecule has 0 bridgehead atoms. The first-order valence-electron chi connectivity index (χ1n) is 16.0. The zero-order chi connectivity index (χ0) is 33.4. The van der Waals surface area contributed by atoms with Gasteiger partial charge in [0, 0.05) is 18.5 Å². The van der Waals surface area contributed by atoms with Gasteiger partial charge in [-0.2, -0.15) is 5.21 Å². The molecule has 7 aromatic rings. The lowest BCUT2D eigenvalue weighted by molar-refractivity contribution is 0.394. The Morgan fingerprint density at radius 1 is 0.792 bits per heavy atom. The number of para-hydroxylation sites is 1. The molecule has 7 rings (SSSR count). The van der Waals surface area contributed by atoms with Crippen LogP contribution in [0.4, 0.5) is 0 Å². The van der Waals surface area contributed by atoms with Gasteiger partial charge in [0.1, 0.15) is 5.82 Å². The molecule has 1 atom stereocenters. The normalized spacial score (nSPS) is 12.4. The van der Waals surface area contributed by atoms with Gasteiger partial charge in [-0.05, 0) is 51.9 Å². The van der Waals surface area contributed by atoms with Crippen LogP contribution in [0.2, 0.25) is 0 Å². The van der Waals surface area contributed by atoms with Crippen LogP contribution in [0.3, 0.4) is 0 Å². The minimum atomic E-state index is -0.424. The van der Waals surface area contributed by atoms with Gasteiger partial charge in [-0.25, -0.2) is 14.3 Å². The van der Waals surface area contributed by atoms with Gasteiger partial charge in [-0.15, -0.1) is 10.2 Å². The molecule has 240 valence electrons. The van der Waals surface area contributed by atoms with Gasteiger partial charge in [-0.3, -0.25) is 9.36 Å². The van der Waals surface area contributed by atoms with Crippen LogP contribution in [-0.4, -0.2) is 39.3 Å². The smallest absolute Gasteiger partial charge is 0.318 e. The highest BCUT2D eigenvalue weighted by molar-refractivity contribution is 5.80. The van der Waals surface area contributed by atoms with Gasteiger partial charge in [-0.1, -0.05) is 118 Å². The predicted molar refractivity (Wildman–Crippen MR) is 187 cm³/mol. The fourth-order valence-corrected chi connectivity index (χ4v) is 6.25. The zero-order valence-electron chi connectivity index (χ0n) is 27.3. The molecule has 3 aromatic heterocycles. The Balaban J connectivity index is 1.41. The van der Waals surface area contributed by atoms with E-state index in [9.17, 15) is 9.59 Å². The summed E-state index contributed by atoms with van der Waals surface area (Å²) in [5, 5.41) is 14.6. The maximum atomic E-state index is 14.5.